The lowest BCUT2D eigenvalue weighted by molar-refractivity contribution is -0.145. The Kier molecular flexibility index (Phi) is 5.42. The standard InChI is InChI=1S/C14H22F2O2/c1-3-10(2)9-14(15,16)13(18)7-5-11-4-6-12(17)8-11/h10-11H,3-9H2,1-2H3. The first-order chi connectivity index (χ1) is 8.35. The molecule has 0 radical (unpaired) electrons. The molecule has 4 heteroatoms. The fourth-order valence-electron chi connectivity index (χ4n) is 2.35. The highest BCUT2D eigenvalue weighted by molar-refractivity contribution is 5.85. The van der Waals surface area contributed by atoms with E-state index in [-0.39, 0.29) is 30.5 Å². The minimum atomic E-state index is -3.20. The Bertz CT molecular complexity index is 313. The average molecular weight is 260 g/mol. The van der Waals surface area contributed by atoms with Gasteiger partial charge in [-0.2, -0.15) is 8.78 Å². The van der Waals surface area contributed by atoms with Crippen LogP contribution in [0.25, 0.3) is 0 Å². The molecule has 0 saturated heterocycles. The summed E-state index contributed by atoms with van der Waals surface area (Å²) in [6.07, 6.45) is 2.39. The third kappa shape index (κ3) is 4.46. The van der Waals surface area contributed by atoms with Gasteiger partial charge in [-0.25, -0.2) is 0 Å². The Morgan fingerprint density at radius 3 is 2.67 bits per heavy atom. The van der Waals surface area contributed by atoms with Crippen molar-refractivity contribution in [1.29, 1.82) is 0 Å². The monoisotopic (exact) mass is 260 g/mol. The Balaban J connectivity index is 2.37. The molecule has 0 aromatic carbocycles. The SMILES string of the molecule is CCC(C)CC(F)(F)C(=O)CCC1CCC(=O)C1. The summed E-state index contributed by atoms with van der Waals surface area (Å²) in [6, 6.07) is 0. The van der Waals surface area contributed by atoms with Gasteiger partial charge in [-0.3, -0.25) is 9.59 Å². The summed E-state index contributed by atoms with van der Waals surface area (Å²) in [7, 11) is 0. The van der Waals surface area contributed by atoms with Gasteiger partial charge in [0.25, 0.3) is 0 Å². The van der Waals surface area contributed by atoms with E-state index in [1.54, 1.807) is 6.92 Å². The summed E-state index contributed by atoms with van der Waals surface area (Å²) in [5.74, 6) is -3.96. The third-order valence-corrected chi connectivity index (χ3v) is 3.84. The summed E-state index contributed by atoms with van der Waals surface area (Å²) in [6.45, 7) is 3.58. The number of hydrogen-bond acceptors (Lipinski definition) is 2. The van der Waals surface area contributed by atoms with Crippen LogP contribution in [0, 0.1) is 11.8 Å². The average Bonchev–Trinajstić information content (AvgIpc) is 2.71. The van der Waals surface area contributed by atoms with Gasteiger partial charge in [-0.05, 0) is 24.7 Å². The number of rotatable bonds is 7. The number of halogens is 2. The molecule has 0 N–H and O–H groups in total. The van der Waals surface area contributed by atoms with Gasteiger partial charge >= 0.3 is 5.92 Å². The van der Waals surface area contributed by atoms with E-state index < -0.39 is 11.7 Å². The quantitative estimate of drug-likeness (QED) is 0.698. The summed E-state index contributed by atoms with van der Waals surface area (Å²) >= 11 is 0. The first kappa shape index (κ1) is 15.3. The van der Waals surface area contributed by atoms with Crippen molar-refractivity contribution in [1.82, 2.24) is 0 Å². The second-order valence-corrected chi connectivity index (χ2v) is 5.53. The van der Waals surface area contributed by atoms with Gasteiger partial charge in [-0.15, -0.1) is 0 Å². The van der Waals surface area contributed by atoms with E-state index in [9.17, 15) is 18.4 Å². The number of hydrogen-bond donors (Lipinski definition) is 0. The number of alkyl halides is 2. The largest absolute Gasteiger partial charge is 0.305 e. The molecule has 2 atom stereocenters. The van der Waals surface area contributed by atoms with E-state index in [0.717, 1.165) is 6.42 Å². The molecule has 104 valence electrons. The molecule has 0 bridgehead atoms. The summed E-state index contributed by atoms with van der Waals surface area (Å²) in [5, 5.41) is 0. The van der Waals surface area contributed by atoms with Gasteiger partial charge in [0, 0.05) is 25.7 Å². The second-order valence-electron chi connectivity index (χ2n) is 5.53. The first-order valence-corrected chi connectivity index (χ1v) is 6.78. The Morgan fingerprint density at radius 1 is 1.50 bits per heavy atom. The number of carbonyl (C=O) groups is 2. The highest BCUT2D eigenvalue weighted by Crippen LogP contribution is 2.31. The highest BCUT2D eigenvalue weighted by Gasteiger charge is 2.39. The van der Waals surface area contributed by atoms with Crippen LogP contribution in [0.4, 0.5) is 8.78 Å². The first-order valence-electron chi connectivity index (χ1n) is 6.78. The minimum Gasteiger partial charge on any atom is -0.300 e. The zero-order valence-corrected chi connectivity index (χ0v) is 11.2. The van der Waals surface area contributed by atoms with Crippen LogP contribution in [0.3, 0.4) is 0 Å². The van der Waals surface area contributed by atoms with Crippen LogP contribution in [0.5, 0.6) is 0 Å². The molecule has 18 heavy (non-hydrogen) atoms. The Hall–Kier alpha value is -0.800. The van der Waals surface area contributed by atoms with E-state index in [1.165, 1.54) is 0 Å². The van der Waals surface area contributed by atoms with Crippen molar-refractivity contribution in [2.45, 2.75) is 64.7 Å². The number of Topliss-reactive ketones (excluding diaryl/α,β-unsaturated/α-hetero) is 2. The predicted molar refractivity (Wildman–Crippen MR) is 65.6 cm³/mol. The van der Waals surface area contributed by atoms with Crippen molar-refractivity contribution in [3.63, 3.8) is 0 Å². The van der Waals surface area contributed by atoms with Gasteiger partial charge in [-0.1, -0.05) is 20.3 Å². The lowest BCUT2D eigenvalue weighted by Crippen LogP contribution is -2.31. The fraction of sp³-hybridized carbons (Fsp3) is 0.857. The fourth-order valence-corrected chi connectivity index (χ4v) is 2.35. The maximum absolute atomic E-state index is 13.6. The second kappa shape index (κ2) is 6.39. The van der Waals surface area contributed by atoms with Crippen LogP contribution in [0.1, 0.15) is 58.8 Å². The van der Waals surface area contributed by atoms with Crippen molar-refractivity contribution in [2.75, 3.05) is 0 Å². The molecule has 0 spiro atoms. The molecule has 0 aromatic rings. The van der Waals surface area contributed by atoms with Crippen molar-refractivity contribution < 1.29 is 18.4 Å². The van der Waals surface area contributed by atoms with Gasteiger partial charge in [0.05, 0.1) is 0 Å². The lowest BCUT2D eigenvalue weighted by Gasteiger charge is -2.19. The van der Waals surface area contributed by atoms with Crippen molar-refractivity contribution >= 4 is 11.6 Å². The Morgan fingerprint density at radius 2 is 2.17 bits per heavy atom. The topological polar surface area (TPSA) is 34.1 Å². The number of carbonyl (C=O) groups excluding carboxylic acids is 2. The van der Waals surface area contributed by atoms with E-state index in [4.69, 9.17) is 0 Å². The molecule has 1 saturated carbocycles. The van der Waals surface area contributed by atoms with Crippen LogP contribution < -0.4 is 0 Å². The molecule has 2 nitrogen and oxygen atoms in total. The van der Waals surface area contributed by atoms with Crippen LogP contribution in [-0.4, -0.2) is 17.5 Å². The van der Waals surface area contributed by atoms with Gasteiger partial charge < -0.3 is 0 Å². The van der Waals surface area contributed by atoms with Crippen molar-refractivity contribution in [2.24, 2.45) is 11.8 Å². The van der Waals surface area contributed by atoms with Crippen LogP contribution in [0.15, 0.2) is 0 Å². The number of ketones is 2. The van der Waals surface area contributed by atoms with Crippen LogP contribution in [0.2, 0.25) is 0 Å². The summed E-state index contributed by atoms with van der Waals surface area (Å²) in [5.41, 5.74) is 0. The smallest absolute Gasteiger partial charge is 0.300 e. The van der Waals surface area contributed by atoms with E-state index in [2.05, 4.69) is 0 Å². The van der Waals surface area contributed by atoms with E-state index >= 15 is 0 Å². The van der Waals surface area contributed by atoms with E-state index in [0.29, 0.717) is 25.7 Å². The molecular weight excluding hydrogens is 238 g/mol. The van der Waals surface area contributed by atoms with Gasteiger partial charge in [0.1, 0.15) is 5.78 Å². The molecule has 1 rings (SSSR count). The maximum Gasteiger partial charge on any atom is 0.305 e. The summed E-state index contributed by atoms with van der Waals surface area (Å²) in [4.78, 5) is 22.6. The molecular formula is C14H22F2O2. The molecule has 0 amide bonds. The molecule has 1 fully saturated rings. The molecule has 1 aliphatic carbocycles. The van der Waals surface area contributed by atoms with Crippen LogP contribution >= 0.6 is 0 Å². The van der Waals surface area contributed by atoms with E-state index in [1.807, 2.05) is 6.92 Å². The molecule has 2 unspecified atom stereocenters. The molecule has 1 aliphatic rings. The van der Waals surface area contributed by atoms with Crippen molar-refractivity contribution in [3.05, 3.63) is 0 Å². The van der Waals surface area contributed by atoms with Gasteiger partial charge in [0.2, 0.25) is 5.78 Å². The predicted octanol–water partition coefficient (Wildman–Crippen LogP) is 3.78. The van der Waals surface area contributed by atoms with Crippen LogP contribution in [-0.2, 0) is 9.59 Å². The minimum absolute atomic E-state index is 0.0959. The highest BCUT2D eigenvalue weighted by atomic mass is 19.3. The third-order valence-electron chi connectivity index (χ3n) is 3.84. The van der Waals surface area contributed by atoms with Gasteiger partial charge in [0.15, 0.2) is 0 Å². The van der Waals surface area contributed by atoms with Crippen molar-refractivity contribution in [3.8, 4) is 0 Å². The Labute approximate surface area is 107 Å². The normalized spacial score (nSPS) is 22.2. The lowest BCUT2D eigenvalue weighted by atomic mass is 9.93. The summed E-state index contributed by atoms with van der Waals surface area (Å²) < 4.78 is 27.2. The molecule has 0 aromatic heterocycles. The molecule has 0 aliphatic heterocycles. The molecule has 0 heterocycles. The zero-order valence-electron chi connectivity index (χ0n) is 11.2. The maximum atomic E-state index is 13.6. The zero-order chi connectivity index (χ0) is 13.8.